The molecule has 0 bridgehead atoms. The summed E-state index contributed by atoms with van der Waals surface area (Å²) in [6.45, 7) is 4.27. The highest BCUT2D eigenvalue weighted by molar-refractivity contribution is 6.03. The van der Waals surface area contributed by atoms with E-state index in [0.717, 1.165) is 62.3 Å². The first kappa shape index (κ1) is 22.3. The number of unbranched alkanes of at least 4 members (excludes halogenated alkanes) is 1. The molecule has 0 aromatic heterocycles. The van der Waals surface area contributed by atoms with E-state index in [4.69, 9.17) is 0 Å². The van der Waals surface area contributed by atoms with E-state index in [9.17, 15) is 14.7 Å². The van der Waals surface area contributed by atoms with Crippen molar-refractivity contribution in [2.45, 2.75) is 51.6 Å². The number of amides is 2. The van der Waals surface area contributed by atoms with E-state index in [2.05, 4.69) is 29.3 Å². The summed E-state index contributed by atoms with van der Waals surface area (Å²) in [6.07, 6.45) is 4.97. The van der Waals surface area contributed by atoms with Gasteiger partial charge in [-0.3, -0.25) is 9.59 Å². The zero-order valence-corrected chi connectivity index (χ0v) is 18.8. The lowest BCUT2D eigenvalue weighted by Crippen LogP contribution is -2.35. The minimum atomic E-state index is -0.356. The monoisotopic (exact) mass is 435 g/mol. The number of aryl methyl sites for hydroxylation is 1. The number of benzene rings is 2. The van der Waals surface area contributed by atoms with E-state index in [0.29, 0.717) is 6.54 Å². The summed E-state index contributed by atoms with van der Waals surface area (Å²) < 4.78 is 0. The van der Waals surface area contributed by atoms with Crippen LogP contribution in [0.5, 0.6) is 0 Å². The van der Waals surface area contributed by atoms with Gasteiger partial charge in [0.2, 0.25) is 11.8 Å². The molecule has 6 heteroatoms. The van der Waals surface area contributed by atoms with Crippen LogP contribution in [0.3, 0.4) is 0 Å². The second-order valence-electron chi connectivity index (χ2n) is 8.93. The number of carbonyl (C=O) groups is 2. The summed E-state index contributed by atoms with van der Waals surface area (Å²) in [5.41, 5.74) is 3.98. The van der Waals surface area contributed by atoms with E-state index < -0.39 is 0 Å². The van der Waals surface area contributed by atoms with Crippen molar-refractivity contribution < 1.29 is 14.7 Å². The lowest BCUT2D eigenvalue weighted by Gasteiger charge is -2.31. The number of hydrogen-bond acceptors (Lipinski definition) is 4. The minimum Gasteiger partial charge on any atom is -0.393 e. The second-order valence-corrected chi connectivity index (χ2v) is 8.93. The number of nitrogens with one attached hydrogen (secondary N) is 1. The third kappa shape index (κ3) is 5.30. The number of rotatable bonds is 7. The number of aliphatic hydroxyl groups excluding tert-OH is 1. The molecule has 0 unspecified atom stereocenters. The van der Waals surface area contributed by atoms with E-state index in [1.54, 1.807) is 4.90 Å². The number of anilines is 3. The highest BCUT2D eigenvalue weighted by Crippen LogP contribution is 2.27. The van der Waals surface area contributed by atoms with Crippen molar-refractivity contribution >= 4 is 28.9 Å². The Kier molecular flexibility index (Phi) is 7.10. The molecule has 0 spiro atoms. The Morgan fingerprint density at radius 3 is 2.34 bits per heavy atom. The van der Waals surface area contributed by atoms with Crippen molar-refractivity contribution in [3.63, 3.8) is 0 Å². The molecular formula is C26H33N3O3. The Balaban J connectivity index is 1.32. The fourth-order valence-electron chi connectivity index (χ4n) is 4.48. The molecule has 2 heterocycles. The quantitative estimate of drug-likeness (QED) is 0.690. The maximum Gasteiger partial charge on any atom is 0.229 e. The smallest absolute Gasteiger partial charge is 0.229 e. The van der Waals surface area contributed by atoms with Crippen LogP contribution in [-0.2, 0) is 16.0 Å². The fraction of sp³-hybridized carbons (Fsp3) is 0.462. The van der Waals surface area contributed by atoms with Gasteiger partial charge in [0, 0.05) is 43.1 Å². The fourth-order valence-corrected chi connectivity index (χ4v) is 4.48. The highest BCUT2D eigenvalue weighted by atomic mass is 16.3. The highest BCUT2D eigenvalue weighted by Gasteiger charge is 2.35. The molecule has 0 saturated carbocycles. The van der Waals surface area contributed by atoms with Gasteiger partial charge in [-0.25, -0.2) is 0 Å². The maximum absolute atomic E-state index is 12.8. The molecular weight excluding hydrogens is 402 g/mol. The first-order valence-corrected chi connectivity index (χ1v) is 11.8. The molecule has 4 rings (SSSR count). The van der Waals surface area contributed by atoms with Crippen LogP contribution in [0.1, 0.15) is 44.6 Å². The van der Waals surface area contributed by atoms with Crippen molar-refractivity contribution in [2.75, 3.05) is 34.8 Å². The molecule has 1 atom stereocenters. The van der Waals surface area contributed by atoms with E-state index in [-0.39, 0.29) is 30.3 Å². The van der Waals surface area contributed by atoms with Gasteiger partial charge in [0.1, 0.15) is 0 Å². The third-order valence-corrected chi connectivity index (χ3v) is 6.53. The van der Waals surface area contributed by atoms with Crippen molar-refractivity contribution in [3.05, 3.63) is 54.1 Å². The molecule has 2 aliphatic rings. The van der Waals surface area contributed by atoms with Crippen molar-refractivity contribution in [1.82, 2.24) is 0 Å². The van der Waals surface area contributed by atoms with E-state index >= 15 is 0 Å². The molecule has 2 amide bonds. The van der Waals surface area contributed by atoms with Gasteiger partial charge >= 0.3 is 0 Å². The first-order chi connectivity index (χ1) is 15.5. The predicted molar refractivity (Wildman–Crippen MR) is 128 cm³/mol. The molecule has 2 aromatic rings. The normalized spacial score (nSPS) is 19.4. The van der Waals surface area contributed by atoms with Gasteiger partial charge in [-0.15, -0.1) is 0 Å². The molecule has 2 fully saturated rings. The Morgan fingerprint density at radius 1 is 1.03 bits per heavy atom. The van der Waals surface area contributed by atoms with Gasteiger partial charge in [0.25, 0.3) is 0 Å². The molecule has 0 aliphatic carbocycles. The summed E-state index contributed by atoms with van der Waals surface area (Å²) in [5.74, 6) is -0.478. The SMILES string of the molecule is CCCCc1ccc(N2C[C@H](C(=O)Nc3ccc(N4CCC(O)CC4)cc3)CC2=O)cc1. The molecule has 2 aliphatic heterocycles. The largest absolute Gasteiger partial charge is 0.393 e. The number of hydrogen-bond donors (Lipinski definition) is 2. The van der Waals surface area contributed by atoms with Crippen molar-refractivity contribution in [2.24, 2.45) is 5.92 Å². The molecule has 170 valence electrons. The van der Waals surface area contributed by atoms with Crippen LogP contribution in [0.2, 0.25) is 0 Å². The average molecular weight is 436 g/mol. The Morgan fingerprint density at radius 2 is 1.69 bits per heavy atom. The standard InChI is InChI=1S/C26H33N3O3/c1-2-3-4-19-5-9-23(10-6-19)29-18-20(17-25(29)31)26(32)27-21-7-11-22(12-8-21)28-15-13-24(30)14-16-28/h5-12,20,24,30H,2-4,13-18H2,1H3,(H,27,32)/t20-/m1/s1. The summed E-state index contributed by atoms with van der Waals surface area (Å²) in [4.78, 5) is 29.3. The summed E-state index contributed by atoms with van der Waals surface area (Å²) >= 11 is 0. The molecule has 0 radical (unpaired) electrons. The number of aliphatic hydroxyl groups is 1. The number of nitrogens with zero attached hydrogens (tertiary/aromatic N) is 2. The van der Waals surface area contributed by atoms with E-state index in [1.165, 1.54) is 5.56 Å². The predicted octanol–water partition coefficient (Wildman–Crippen LogP) is 3.98. The van der Waals surface area contributed by atoms with Crippen molar-refractivity contribution in [3.8, 4) is 0 Å². The van der Waals surface area contributed by atoms with Gasteiger partial charge in [-0.05, 0) is 67.6 Å². The van der Waals surface area contributed by atoms with Crippen LogP contribution in [0.15, 0.2) is 48.5 Å². The summed E-state index contributed by atoms with van der Waals surface area (Å²) in [5, 5.41) is 12.6. The van der Waals surface area contributed by atoms with E-state index in [1.807, 2.05) is 36.4 Å². The Bertz CT molecular complexity index is 918. The zero-order chi connectivity index (χ0) is 22.5. The van der Waals surface area contributed by atoms with Crippen LogP contribution in [0, 0.1) is 5.92 Å². The van der Waals surface area contributed by atoms with Gasteiger partial charge in [-0.1, -0.05) is 25.5 Å². The Labute approximate surface area is 190 Å². The molecule has 6 nitrogen and oxygen atoms in total. The van der Waals surface area contributed by atoms with Crippen molar-refractivity contribution in [1.29, 1.82) is 0 Å². The average Bonchev–Trinajstić information content (AvgIpc) is 3.21. The topological polar surface area (TPSA) is 72.9 Å². The van der Waals surface area contributed by atoms with Crippen LogP contribution < -0.4 is 15.1 Å². The maximum atomic E-state index is 12.8. The number of piperidine rings is 1. The van der Waals surface area contributed by atoms with Crippen LogP contribution >= 0.6 is 0 Å². The van der Waals surface area contributed by atoms with Crippen LogP contribution in [0.25, 0.3) is 0 Å². The third-order valence-electron chi connectivity index (χ3n) is 6.53. The van der Waals surface area contributed by atoms with Gasteiger partial charge in [0.05, 0.1) is 12.0 Å². The zero-order valence-electron chi connectivity index (χ0n) is 18.8. The minimum absolute atomic E-state index is 0.00547. The molecule has 2 saturated heterocycles. The molecule has 32 heavy (non-hydrogen) atoms. The molecule has 2 N–H and O–H groups in total. The number of carbonyl (C=O) groups excluding carboxylic acids is 2. The Hall–Kier alpha value is -2.86. The molecule has 2 aromatic carbocycles. The van der Waals surface area contributed by atoms with Gasteiger partial charge < -0.3 is 20.2 Å². The van der Waals surface area contributed by atoms with Gasteiger partial charge in [0.15, 0.2) is 0 Å². The summed E-state index contributed by atoms with van der Waals surface area (Å²) in [7, 11) is 0. The lowest BCUT2D eigenvalue weighted by atomic mass is 10.1. The van der Waals surface area contributed by atoms with Crippen LogP contribution in [-0.4, -0.2) is 42.7 Å². The second kappa shape index (κ2) is 10.2. The lowest BCUT2D eigenvalue weighted by molar-refractivity contribution is -0.122. The summed E-state index contributed by atoms with van der Waals surface area (Å²) in [6, 6.07) is 15.9. The van der Waals surface area contributed by atoms with Crippen LogP contribution in [0.4, 0.5) is 17.1 Å². The first-order valence-electron chi connectivity index (χ1n) is 11.8. The van der Waals surface area contributed by atoms with Gasteiger partial charge in [-0.2, -0.15) is 0 Å².